The molecule has 2 aromatic heterocycles. The number of furan rings is 1. The number of rotatable bonds is 6. The number of H-pyrrole nitrogens is 1. The van der Waals surface area contributed by atoms with Gasteiger partial charge in [0.15, 0.2) is 5.78 Å². The molecule has 0 aliphatic rings. The second kappa shape index (κ2) is 9.85. The van der Waals surface area contributed by atoms with Gasteiger partial charge in [0, 0.05) is 28.3 Å². The van der Waals surface area contributed by atoms with Crippen molar-refractivity contribution < 1.29 is 18.7 Å². The monoisotopic (exact) mass is 479 g/mol. The molecule has 1 N–H and O–H groups in total. The van der Waals surface area contributed by atoms with Gasteiger partial charge in [-0.05, 0) is 55.5 Å². The quantitative estimate of drug-likeness (QED) is 0.333. The number of thiazole rings is 1. The molecule has 0 spiro atoms. The van der Waals surface area contributed by atoms with E-state index in [1.807, 2.05) is 0 Å². The predicted molar refractivity (Wildman–Crippen MR) is 128 cm³/mol. The van der Waals surface area contributed by atoms with Gasteiger partial charge in [0.1, 0.15) is 11.5 Å². The molecule has 0 amide bonds. The molecule has 8 heteroatoms. The fourth-order valence-corrected chi connectivity index (χ4v) is 4.03. The van der Waals surface area contributed by atoms with E-state index in [-0.39, 0.29) is 17.3 Å². The summed E-state index contributed by atoms with van der Waals surface area (Å²) in [4.78, 5) is 39.2. The summed E-state index contributed by atoms with van der Waals surface area (Å²) in [7, 11) is 0. The topological polar surface area (TPSA) is 89.4 Å². The summed E-state index contributed by atoms with van der Waals surface area (Å²) in [5.41, 5.74) is 1.40. The highest BCUT2D eigenvalue weighted by Crippen LogP contribution is 2.23. The summed E-state index contributed by atoms with van der Waals surface area (Å²) in [6.07, 6.45) is 3.00. The molecule has 2 heterocycles. The van der Waals surface area contributed by atoms with E-state index >= 15 is 0 Å². The van der Waals surface area contributed by atoms with Gasteiger partial charge in [0.05, 0.1) is 21.4 Å². The van der Waals surface area contributed by atoms with Crippen molar-refractivity contribution in [1.82, 2.24) is 4.98 Å². The van der Waals surface area contributed by atoms with Gasteiger partial charge in [0.25, 0.3) is 5.56 Å². The summed E-state index contributed by atoms with van der Waals surface area (Å²) in [5, 5.41) is 0.542. The fraction of sp³-hybridized carbons (Fsp3) is 0.0800. The summed E-state index contributed by atoms with van der Waals surface area (Å²) in [6, 6.07) is 16.9. The van der Waals surface area contributed by atoms with Crippen molar-refractivity contribution in [3.05, 3.63) is 102 Å². The van der Waals surface area contributed by atoms with E-state index in [2.05, 4.69) is 4.98 Å². The smallest absolute Gasteiger partial charge is 0.338 e. The number of ketones is 1. The van der Waals surface area contributed by atoms with E-state index < -0.39 is 0 Å². The average molecular weight is 480 g/mol. The molecule has 0 aliphatic heterocycles. The minimum absolute atomic E-state index is 0.234. The summed E-state index contributed by atoms with van der Waals surface area (Å²) in [6.45, 7) is 2.07. The molecule has 0 unspecified atom stereocenters. The molecule has 0 saturated carbocycles. The van der Waals surface area contributed by atoms with E-state index in [1.165, 1.54) is 6.08 Å². The number of esters is 1. The van der Waals surface area contributed by atoms with Gasteiger partial charge < -0.3 is 14.1 Å². The Hall–Kier alpha value is -3.68. The van der Waals surface area contributed by atoms with Gasteiger partial charge in [0.2, 0.25) is 0 Å². The van der Waals surface area contributed by atoms with Crippen LogP contribution in [-0.2, 0) is 4.74 Å². The molecule has 0 radical (unpaired) electrons. The first-order chi connectivity index (χ1) is 15.9. The second-order valence-electron chi connectivity index (χ2n) is 6.94. The van der Waals surface area contributed by atoms with Crippen LogP contribution in [0, 0.1) is 0 Å². The zero-order valence-corrected chi connectivity index (χ0v) is 19.0. The van der Waals surface area contributed by atoms with Crippen LogP contribution in [0.4, 0.5) is 0 Å². The minimum atomic E-state index is -0.378. The number of aromatic nitrogens is 1. The lowest BCUT2D eigenvalue weighted by Gasteiger charge is -2.02. The summed E-state index contributed by atoms with van der Waals surface area (Å²) in [5.74, 6) is 0.468. The van der Waals surface area contributed by atoms with E-state index in [4.69, 9.17) is 20.8 Å². The van der Waals surface area contributed by atoms with Gasteiger partial charge in [-0.15, -0.1) is 11.3 Å². The first-order valence-electron chi connectivity index (χ1n) is 10.0. The molecule has 4 rings (SSSR count). The lowest BCUT2D eigenvalue weighted by atomic mass is 10.1. The van der Waals surface area contributed by atoms with Crippen LogP contribution in [0.1, 0.15) is 33.4 Å². The van der Waals surface area contributed by atoms with Gasteiger partial charge >= 0.3 is 5.97 Å². The van der Waals surface area contributed by atoms with Crippen molar-refractivity contribution in [3.63, 3.8) is 0 Å². The molecule has 0 aliphatic carbocycles. The highest BCUT2D eigenvalue weighted by Gasteiger charge is 2.09. The zero-order chi connectivity index (χ0) is 23.4. The van der Waals surface area contributed by atoms with E-state index in [9.17, 15) is 14.4 Å². The van der Waals surface area contributed by atoms with Crippen molar-refractivity contribution in [2.24, 2.45) is 0 Å². The molecule has 0 bridgehead atoms. The summed E-state index contributed by atoms with van der Waals surface area (Å²) >= 11 is 7.01. The number of nitrogens with one attached hydrogen (secondary N) is 1. The molecular formula is C25H18ClNO5S. The molecule has 2 aromatic carbocycles. The molecule has 0 fully saturated rings. The second-order valence-corrected chi connectivity index (χ2v) is 8.46. The number of halogens is 1. The van der Waals surface area contributed by atoms with Crippen LogP contribution in [0.25, 0.3) is 23.5 Å². The standard InChI is InChI=1S/C25H18ClNO5S/c1-2-31-25(30)17-5-3-16(4-6-17)21-12-11-19(32-21)13-22-24(29)27-23(33-22)14-20(28)15-7-9-18(26)10-8-15/h3-14H,2H2,1H3,(H,27,29). The van der Waals surface area contributed by atoms with Crippen molar-refractivity contribution in [2.75, 3.05) is 6.61 Å². The number of carbonyl (C=O) groups excluding carboxylic acids is 2. The van der Waals surface area contributed by atoms with Crippen molar-refractivity contribution in [1.29, 1.82) is 0 Å². The Kier molecular flexibility index (Phi) is 6.72. The molecule has 0 atom stereocenters. The van der Waals surface area contributed by atoms with Crippen LogP contribution in [-0.4, -0.2) is 23.3 Å². The van der Waals surface area contributed by atoms with E-state index in [1.54, 1.807) is 73.7 Å². The number of aromatic amines is 1. The van der Waals surface area contributed by atoms with Crippen LogP contribution in [0.2, 0.25) is 5.02 Å². The normalized spacial score (nSPS) is 12.2. The Labute approximate surface area is 197 Å². The van der Waals surface area contributed by atoms with Gasteiger partial charge in [-0.25, -0.2) is 4.79 Å². The van der Waals surface area contributed by atoms with Crippen LogP contribution in [0.15, 0.2) is 69.9 Å². The average Bonchev–Trinajstić information content (AvgIpc) is 3.41. The number of hydrogen-bond donors (Lipinski definition) is 1. The molecule has 6 nitrogen and oxygen atoms in total. The number of benzene rings is 2. The number of ether oxygens (including phenoxy) is 1. The number of carbonyl (C=O) groups is 2. The zero-order valence-electron chi connectivity index (χ0n) is 17.5. The first-order valence-corrected chi connectivity index (χ1v) is 11.2. The lowest BCUT2D eigenvalue weighted by Crippen LogP contribution is -2.19. The van der Waals surface area contributed by atoms with E-state index in [0.717, 1.165) is 16.9 Å². The maximum absolute atomic E-state index is 12.4. The van der Waals surface area contributed by atoms with Crippen LogP contribution >= 0.6 is 22.9 Å². The third kappa shape index (κ3) is 5.39. The first kappa shape index (κ1) is 22.5. The lowest BCUT2D eigenvalue weighted by molar-refractivity contribution is 0.0526. The largest absolute Gasteiger partial charge is 0.462 e. The minimum Gasteiger partial charge on any atom is -0.462 e. The molecule has 0 saturated heterocycles. The number of hydrogen-bond acceptors (Lipinski definition) is 6. The molecule has 33 heavy (non-hydrogen) atoms. The Morgan fingerprint density at radius 1 is 1.03 bits per heavy atom. The fourth-order valence-electron chi connectivity index (χ4n) is 3.04. The SMILES string of the molecule is CCOC(=O)c1ccc(-c2ccc(C=c3sc(=CC(=O)c4ccc(Cl)cc4)[nH]c3=O)o2)cc1. The van der Waals surface area contributed by atoms with Gasteiger partial charge in [-0.3, -0.25) is 9.59 Å². The maximum atomic E-state index is 12.4. The predicted octanol–water partition coefficient (Wildman–Crippen LogP) is 4.02. The number of Topliss-reactive ketones (excluding diaryl/α,β-unsaturated/α-hetero) is 1. The van der Waals surface area contributed by atoms with Crippen molar-refractivity contribution in [2.45, 2.75) is 6.92 Å². The Morgan fingerprint density at radius 2 is 1.73 bits per heavy atom. The maximum Gasteiger partial charge on any atom is 0.338 e. The third-order valence-electron chi connectivity index (χ3n) is 4.65. The highest BCUT2D eigenvalue weighted by molar-refractivity contribution is 7.07. The van der Waals surface area contributed by atoms with Crippen LogP contribution < -0.4 is 14.8 Å². The Morgan fingerprint density at radius 3 is 2.42 bits per heavy atom. The van der Waals surface area contributed by atoms with Crippen LogP contribution in [0.3, 0.4) is 0 Å². The summed E-state index contributed by atoms with van der Waals surface area (Å²) < 4.78 is 11.7. The van der Waals surface area contributed by atoms with Crippen molar-refractivity contribution in [3.8, 4) is 11.3 Å². The van der Waals surface area contributed by atoms with Crippen molar-refractivity contribution >= 4 is 46.8 Å². The van der Waals surface area contributed by atoms with Crippen LogP contribution in [0.5, 0.6) is 0 Å². The van der Waals surface area contributed by atoms with Gasteiger partial charge in [-0.1, -0.05) is 23.7 Å². The highest BCUT2D eigenvalue weighted by atomic mass is 35.5. The Balaban J connectivity index is 1.57. The molecule has 166 valence electrons. The molecule has 4 aromatic rings. The molecular weight excluding hydrogens is 462 g/mol. The van der Waals surface area contributed by atoms with Gasteiger partial charge in [-0.2, -0.15) is 0 Å². The third-order valence-corrected chi connectivity index (χ3v) is 5.87. The Bertz CT molecular complexity index is 1480. The van der Waals surface area contributed by atoms with E-state index in [0.29, 0.717) is 43.5 Å².